The average Bonchev–Trinajstić information content (AvgIpc) is 2.26. The third kappa shape index (κ3) is 5.67. The first-order chi connectivity index (χ1) is 7.52. The van der Waals surface area contributed by atoms with Gasteiger partial charge in [-0.15, -0.1) is 24.8 Å². The van der Waals surface area contributed by atoms with Gasteiger partial charge in [-0.3, -0.25) is 9.78 Å². The highest BCUT2D eigenvalue weighted by atomic mass is 35.5. The van der Waals surface area contributed by atoms with E-state index in [0.29, 0.717) is 6.54 Å². The number of aryl methyl sites for hydroxylation is 1. The number of nitrogens with two attached hydrogens (primary N) is 1. The van der Waals surface area contributed by atoms with Gasteiger partial charge in [0.1, 0.15) is 0 Å². The molecule has 0 saturated heterocycles. The SMILES string of the molecule is Cc1cccnc1CNC(=O)C(C)C(C)N.Cl.Cl. The van der Waals surface area contributed by atoms with E-state index in [9.17, 15) is 4.79 Å². The van der Waals surface area contributed by atoms with E-state index in [1.54, 1.807) is 6.20 Å². The molecular weight excluding hydrogens is 273 g/mol. The first kappa shape index (κ1) is 19.5. The molecule has 0 bridgehead atoms. The second-order valence-electron chi connectivity index (χ2n) is 4.13. The Kier molecular flexibility index (Phi) is 9.90. The molecule has 0 aromatic carbocycles. The van der Waals surface area contributed by atoms with Crippen molar-refractivity contribution in [3.8, 4) is 0 Å². The monoisotopic (exact) mass is 293 g/mol. The largest absolute Gasteiger partial charge is 0.350 e. The van der Waals surface area contributed by atoms with Crippen molar-refractivity contribution in [1.29, 1.82) is 0 Å². The summed E-state index contributed by atoms with van der Waals surface area (Å²) in [5, 5.41) is 2.84. The van der Waals surface area contributed by atoms with Crippen molar-refractivity contribution in [2.75, 3.05) is 0 Å². The molecule has 104 valence electrons. The summed E-state index contributed by atoms with van der Waals surface area (Å²) >= 11 is 0. The van der Waals surface area contributed by atoms with E-state index >= 15 is 0 Å². The third-order valence-corrected chi connectivity index (χ3v) is 2.75. The lowest BCUT2D eigenvalue weighted by atomic mass is 10.0. The molecule has 0 fully saturated rings. The van der Waals surface area contributed by atoms with Crippen molar-refractivity contribution >= 4 is 30.7 Å². The molecule has 1 heterocycles. The maximum Gasteiger partial charge on any atom is 0.224 e. The number of pyridine rings is 1. The molecule has 6 heteroatoms. The predicted octanol–water partition coefficient (Wildman–Crippen LogP) is 1.83. The first-order valence-corrected chi connectivity index (χ1v) is 5.46. The zero-order chi connectivity index (χ0) is 12.1. The molecule has 0 saturated carbocycles. The van der Waals surface area contributed by atoms with Gasteiger partial charge in [0.15, 0.2) is 0 Å². The molecule has 2 atom stereocenters. The van der Waals surface area contributed by atoms with Crippen LogP contribution in [-0.4, -0.2) is 16.9 Å². The van der Waals surface area contributed by atoms with Crippen molar-refractivity contribution in [3.05, 3.63) is 29.6 Å². The van der Waals surface area contributed by atoms with Crippen molar-refractivity contribution in [1.82, 2.24) is 10.3 Å². The number of aromatic nitrogens is 1. The third-order valence-electron chi connectivity index (χ3n) is 2.75. The van der Waals surface area contributed by atoms with E-state index in [0.717, 1.165) is 11.3 Å². The second kappa shape index (κ2) is 9.14. The van der Waals surface area contributed by atoms with Crippen LogP contribution in [-0.2, 0) is 11.3 Å². The standard InChI is InChI=1S/C12H19N3O.2ClH/c1-8-5-4-6-14-11(8)7-15-12(16)9(2)10(3)13;;/h4-6,9-10H,7,13H2,1-3H3,(H,15,16);2*1H. The molecule has 0 aliphatic heterocycles. The van der Waals surface area contributed by atoms with Crippen LogP contribution in [0.5, 0.6) is 0 Å². The number of nitrogens with one attached hydrogen (secondary N) is 1. The van der Waals surface area contributed by atoms with Crippen molar-refractivity contribution in [2.24, 2.45) is 11.7 Å². The quantitative estimate of drug-likeness (QED) is 0.890. The van der Waals surface area contributed by atoms with Crippen LogP contribution in [0, 0.1) is 12.8 Å². The van der Waals surface area contributed by atoms with Gasteiger partial charge in [0.2, 0.25) is 5.91 Å². The number of rotatable bonds is 4. The zero-order valence-electron chi connectivity index (χ0n) is 10.8. The summed E-state index contributed by atoms with van der Waals surface area (Å²) in [5.74, 6) is -0.205. The van der Waals surface area contributed by atoms with Gasteiger partial charge in [0, 0.05) is 18.2 Å². The van der Waals surface area contributed by atoms with Gasteiger partial charge < -0.3 is 11.1 Å². The van der Waals surface area contributed by atoms with Crippen molar-refractivity contribution in [3.63, 3.8) is 0 Å². The second-order valence-corrected chi connectivity index (χ2v) is 4.13. The van der Waals surface area contributed by atoms with Gasteiger partial charge in [0.25, 0.3) is 0 Å². The Bertz CT molecular complexity index is 372. The molecule has 0 aliphatic carbocycles. The smallest absolute Gasteiger partial charge is 0.224 e. The molecule has 0 radical (unpaired) electrons. The van der Waals surface area contributed by atoms with Crippen LogP contribution < -0.4 is 11.1 Å². The summed E-state index contributed by atoms with van der Waals surface area (Å²) in [6.07, 6.45) is 1.73. The first-order valence-electron chi connectivity index (χ1n) is 5.46. The Labute approximate surface area is 121 Å². The Morgan fingerprint density at radius 3 is 2.56 bits per heavy atom. The van der Waals surface area contributed by atoms with Gasteiger partial charge in [-0.1, -0.05) is 13.0 Å². The van der Waals surface area contributed by atoms with Crippen LogP contribution in [0.4, 0.5) is 0 Å². The molecule has 0 spiro atoms. The highest BCUT2D eigenvalue weighted by molar-refractivity contribution is 5.85. The molecule has 2 unspecified atom stereocenters. The van der Waals surface area contributed by atoms with E-state index < -0.39 is 0 Å². The lowest BCUT2D eigenvalue weighted by Gasteiger charge is -2.15. The highest BCUT2D eigenvalue weighted by Gasteiger charge is 2.16. The van der Waals surface area contributed by atoms with E-state index in [1.165, 1.54) is 0 Å². The maximum atomic E-state index is 11.7. The molecule has 18 heavy (non-hydrogen) atoms. The molecular formula is C12H21Cl2N3O. The van der Waals surface area contributed by atoms with Gasteiger partial charge >= 0.3 is 0 Å². The molecule has 1 aromatic heterocycles. The minimum atomic E-state index is -0.177. The lowest BCUT2D eigenvalue weighted by molar-refractivity contribution is -0.125. The summed E-state index contributed by atoms with van der Waals surface area (Å²) in [7, 11) is 0. The fourth-order valence-corrected chi connectivity index (χ4v) is 1.27. The maximum absolute atomic E-state index is 11.7. The molecule has 1 rings (SSSR count). The molecule has 4 nitrogen and oxygen atoms in total. The summed E-state index contributed by atoms with van der Waals surface area (Å²) in [4.78, 5) is 15.9. The Hall–Kier alpha value is -0.840. The van der Waals surface area contributed by atoms with Crippen LogP contribution in [0.25, 0.3) is 0 Å². The number of carbonyl (C=O) groups is 1. The average molecular weight is 294 g/mol. The zero-order valence-corrected chi connectivity index (χ0v) is 12.5. The summed E-state index contributed by atoms with van der Waals surface area (Å²) < 4.78 is 0. The summed E-state index contributed by atoms with van der Waals surface area (Å²) in [6, 6.07) is 3.72. The van der Waals surface area contributed by atoms with Crippen molar-refractivity contribution in [2.45, 2.75) is 33.4 Å². The van der Waals surface area contributed by atoms with E-state index in [4.69, 9.17) is 5.73 Å². The summed E-state index contributed by atoms with van der Waals surface area (Å²) in [6.45, 7) is 6.09. The summed E-state index contributed by atoms with van der Waals surface area (Å²) in [5.41, 5.74) is 7.64. The highest BCUT2D eigenvalue weighted by Crippen LogP contribution is 2.04. The number of nitrogens with zero attached hydrogens (tertiary/aromatic N) is 1. The number of halogens is 2. The minimum absolute atomic E-state index is 0. The fourth-order valence-electron chi connectivity index (χ4n) is 1.27. The van der Waals surface area contributed by atoms with Gasteiger partial charge in [-0.2, -0.15) is 0 Å². The molecule has 3 N–H and O–H groups in total. The van der Waals surface area contributed by atoms with Crippen LogP contribution in [0.15, 0.2) is 18.3 Å². The van der Waals surface area contributed by atoms with Crippen molar-refractivity contribution < 1.29 is 4.79 Å². The lowest BCUT2D eigenvalue weighted by Crippen LogP contribution is -2.38. The number of hydrogen-bond donors (Lipinski definition) is 2. The Morgan fingerprint density at radius 1 is 1.44 bits per heavy atom. The Balaban J connectivity index is 0. The fraction of sp³-hybridized carbons (Fsp3) is 0.500. The van der Waals surface area contributed by atoms with Gasteiger partial charge in [-0.25, -0.2) is 0 Å². The van der Waals surface area contributed by atoms with Crippen LogP contribution in [0.1, 0.15) is 25.1 Å². The Morgan fingerprint density at radius 2 is 2.06 bits per heavy atom. The normalized spacial score (nSPS) is 12.7. The van der Waals surface area contributed by atoms with E-state index in [2.05, 4.69) is 10.3 Å². The molecule has 0 aliphatic rings. The van der Waals surface area contributed by atoms with E-state index in [-0.39, 0.29) is 42.7 Å². The number of hydrogen-bond acceptors (Lipinski definition) is 3. The van der Waals surface area contributed by atoms with Crippen LogP contribution >= 0.6 is 24.8 Å². The minimum Gasteiger partial charge on any atom is -0.350 e. The number of carbonyl (C=O) groups excluding carboxylic acids is 1. The van der Waals surface area contributed by atoms with Crippen LogP contribution in [0.2, 0.25) is 0 Å². The number of amides is 1. The van der Waals surface area contributed by atoms with Crippen LogP contribution in [0.3, 0.4) is 0 Å². The topological polar surface area (TPSA) is 68.0 Å². The molecule has 1 amide bonds. The van der Waals surface area contributed by atoms with Gasteiger partial charge in [0.05, 0.1) is 12.2 Å². The molecule has 1 aromatic rings. The predicted molar refractivity (Wildman–Crippen MR) is 78.1 cm³/mol. The van der Waals surface area contributed by atoms with Gasteiger partial charge in [-0.05, 0) is 25.5 Å². The van der Waals surface area contributed by atoms with E-state index in [1.807, 2.05) is 32.9 Å².